The summed E-state index contributed by atoms with van der Waals surface area (Å²) in [6.45, 7) is 0. The second kappa shape index (κ2) is 5.24. The third-order valence-corrected chi connectivity index (χ3v) is 5.40. The first-order chi connectivity index (χ1) is 8.26. The number of rotatable bonds is 1. The highest BCUT2D eigenvalue weighted by molar-refractivity contribution is 6.61. The van der Waals surface area contributed by atoms with Gasteiger partial charge in [-0.1, -0.05) is 88.3 Å². The van der Waals surface area contributed by atoms with E-state index < -0.39 is 14.0 Å². The van der Waals surface area contributed by atoms with Gasteiger partial charge >= 0.3 is 0 Å². The largest absolute Gasteiger partial charge is 0.147 e. The maximum absolute atomic E-state index is 6.31. The molecule has 1 unspecified atom stereocenters. The Kier molecular flexibility index (Phi) is 4.39. The molecule has 1 aromatic carbocycles. The van der Waals surface area contributed by atoms with Crippen LogP contribution in [0.4, 0.5) is 0 Å². The summed E-state index contributed by atoms with van der Waals surface area (Å²) in [5, 5.41) is -0.465. The molecule has 0 radical (unpaired) electrons. The topological polar surface area (TPSA) is 0 Å². The number of allylic oxidation sites excluding steroid dienone is 2. The standard InChI is InChI=1S/C12H8Cl6/c13-9-8(7-4-2-1-3-5-7)11(15,16)6-12(17,18)10(9)14/h1-5,10H,6H2. The van der Waals surface area contributed by atoms with Gasteiger partial charge in [-0.05, 0) is 5.56 Å². The van der Waals surface area contributed by atoms with Crippen LogP contribution >= 0.6 is 69.6 Å². The van der Waals surface area contributed by atoms with E-state index in [1.54, 1.807) is 0 Å². The number of benzene rings is 1. The van der Waals surface area contributed by atoms with Crippen LogP contribution in [0.25, 0.3) is 5.57 Å². The SMILES string of the molecule is ClC1=C(c2ccccc2)C(Cl)(Cl)CC(Cl)(Cl)C1Cl. The molecule has 18 heavy (non-hydrogen) atoms. The van der Waals surface area contributed by atoms with E-state index >= 15 is 0 Å². The quantitative estimate of drug-likeness (QED) is 0.536. The molecule has 1 aliphatic carbocycles. The molecule has 2 rings (SSSR count). The highest BCUT2D eigenvalue weighted by Gasteiger charge is 2.51. The molecule has 0 saturated heterocycles. The van der Waals surface area contributed by atoms with Crippen molar-refractivity contribution in [2.24, 2.45) is 0 Å². The Morgan fingerprint density at radius 3 is 2.11 bits per heavy atom. The third-order valence-electron chi connectivity index (χ3n) is 2.72. The minimum atomic E-state index is -1.29. The first-order valence-corrected chi connectivity index (χ1v) is 7.43. The van der Waals surface area contributed by atoms with E-state index in [-0.39, 0.29) is 11.5 Å². The van der Waals surface area contributed by atoms with Crippen LogP contribution in [0, 0.1) is 0 Å². The lowest BCUT2D eigenvalue weighted by Crippen LogP contribution is -2.40. The van der Waals surface area contributed by atoms with E-state index in [9.17, 15) is 0 Å². The highest BCUT2D eigenvalue weighted by Crippen LogP contribution is 2.56. The minimum absolute atomic E-state index is 0.0981. The van der Waals surface area contributed by atoms with Crippen LogP contribution in [0.3, 0.4) is 0 Å². The molecule has 0 N–H and O–H groups in total. The first kappa shape index (κ1) is 15.1. The van der Waals surface area contributed by atoms with Crippen molar-refractivity contribution in [3.8, 4) is 0 Å². The van der Waals surface area contributed by atoms with Crippen molar-refractivity contribution in [2.45, 2.75) is 20.5 Å². The Morgan fingerprint density at radius 1 is 1.00 bits per heavy atom. The van der Waals surface area contributed by atoms with E-state index in [4.69, 9.17) is 69.6 Å². The fraction of sp³-hybridized carbons (Fsp3) is 0.333. The van der Waals surface area contributed by atoms with Gasteiger partial charge in [0.25, 0.3) is 0 Å². The van der Waals surface area contributed by atoms with Gasteiger partial charge < -0.3 is 0 Å². The molecule has 0 nitrogen and oxygen atoms in total. The maximum Gasteiger partial charge on any atom is 0.147 e. The van der Waals surface area contributed by atoms with Gasteiger partial charge in [0.2, 0.25) is 0 Å². The van der Waals surface area contributed by atoms with Crippen molar-refractivity contribution >= 4 is 75.2 Å². The van der Waals surface area contributed by atoms with Gasteiger partial charge in [-0.25, -0.2) is 0 Å². The normalized spacial score (nSPS) is 26.2. The zero-order valence-electron chi connectivity index (χ0n) is 8.94. The fourth-order valence-electron chi connectivity index (χ4n) is 1.91. The van der Waals surface area contributed by atoms with Crippen LogP contribution in [0.15, 0.2) is 35.4 Å². The Morgan fingerprint density at radius 2 is 1.56 bits per heavy atom. The second-order valence-corrected chi connectivity index (χ2v) is 7.96. The summed E-state index contributed by atoms with van der Waals surface area (Å²) in [4.78, 5) is 0. The van der Waals surface area contributed by atoms with Crippen LogP contribution < -0.4 is 0 Å². The zero-order valence-corrected chi connectivity index (χ0v) is 13.5. The molecule has 0 spiro atoms. The summed E-state index contributed by atoms with van der Waals surface area (Å²) in [5.74, 6) is 0. The van der Waals surface area contributed by atoms with Crippen LogP contribution in [-0.2, 0) is 0 Å². The number of alkyl halides is 5. The van der Waals surface area contributed by atoms with E-state index in [2.05, 4.69) is 0 Å². The summed E-state index contributed by atoms with van der Waals surface area (Å²) >= 11 is 37.2. The number of hydrogen-bond acceptors (Lipinski definition) is 0. The molecule has 1 atom stereocenters. The fourth-order valence-corrected chi connectivity index (χ4v) is 4.50. The van der Waals surface area contributed by atoms with Crippen molar-refractivity contribution in [2.75, 3.05) is 0 Å². The van der Waals surface area contributed by atoms with Gasteiger partial charge in [-0.3, -0.25) is 0 Å². The van der Waals surface area contributed by atoms with Crippen molar-refractivity contribution in [3.63, 3.8) is 0 Å². The Hall–Kier alpha value is 0.700. The van der Waals surface area contributed by atoms with Crippen molar-refractivity contribution in [1.82, 2.24) is 0 Å². The Labute approximate surface area is 136 Å². The lowest BCUT2D eigenvalue weighted by atomic mass is 9.91. The molecule has 6 heteroatoms. The van der Waals surface area contributed by atoms with Crippen LogP contribution in [0.5, 0.6) is 0 Å². The Balaban J connectivity index is 2.60. The van der Waals surface area contributed by atoms with Gasteiger partial charge in [-0.15, -0.1) is 11.6 Å². The highest BCUT2D eigenvalue weighted by atomic mass is 35.5. The van der Waals surface area contributed by atoms with Gasteiger partial charge in [0, 0.05) is 17.0 Å². The van der Waals surface area contributed by atoms with E-state index in [1.807, 2.05) is 30.3 Å². The van der Waals surface area contributed by atoms with Crippen LogP contribution in [0.2, 0.25) is 0 Å². The van der Waals surface area contributed by atoms with Crippen LogP contribution in [-0.4, -0.2) is 14.0 Å². The molecule has 0 aromatic heterocycles. The second-order valence-electron chi connectivity index (χ2n) is 4.09. The molecule has 98 valence electrons. The number of halogens is 6. The number of hydrogen-bond donors (Lipinski definition) is 0. The van der Waals surface area contributed by atoms with Gasteiger partial charge in [0.15, 0.2) is 0 Å². The predicted octanol–water partition coefficient (Wildman–Crippen LogP) is 6.00. The average Bonchev–Trinajstić information content (AvgIpc) is 2.26. The monoisotopic (exact) mass is 362 g/mol. The average molecular weight is 365 g/mol. The molecule has 0 amide bonds. The molecule has 1 aromatic rings. The molecular formula is C12H8Cl6. The molecule has 1 aliphatic rings. The summed E-state index contributed by atoms with van der Waals surface area (Å²) < 4.78 is -2.56. The smallest absolute Gasteiger partial charge is 0.114 e. The lowest BCUT2D eigenvalue weighted by Gasteiger charge is -2.39. The summed E-state index contributed by atoms with van der Waals surface area (Å²) in [6, 6.07) is 9.33. The molecule has 0 aliphatic heterocycles. The van der Waals surface area contributed by atoms with Gasteiger partial charge in [-0.2, -0.15) is 0 Å². The minimum Gasteiger partial charge on any atom is -0.114 e. The van der Waals surface area contributed by atoms with Crippen molar-refractivity contribution < 1.29 is 0 Å². The molecule has 0 heterocycles. The van der Waals surface area contributed by atoms with Crippen molar-refractivity contribution in [3.05, 3.63) is 40.9 Å². The summed E-state index contributed by atoms with van der Waals surface area (Å²) in [5.41, 5.74) is 1.37. The van der Waals surface area contributed by atoms with Crippen molar-refractivity contribution in [1.29, 1.82) is 0 Å². The zero-order chi connectivity index (χ0) is 13.6. The molecular weight excluding hydrogens is 357 g/mol. The van der Waals surface area contributed by atoms with E-state index in [1.165, 1.54) is 0 Å². The predicted molar refractivity (Wildman–Crippen MR) is 82.3 cm³/mol. The summed E-state index contributed by atoms with van der Waals surface area (Å²) in [6.07, 6.45) is 0.0981. The lowest BCUT2D eigenvalue weighted by molar-refractivity contribution is 0.667. The third kappa shape index (κ3) is 2.75. The summed E-state index contributed by atoms with van der Waals surface area (Å²) in [7, 11) is 0. The van der Waals surface area contributed by atoms with E-state index in [0.717, 1.165) is 5.56 Å². The van der Waals surface area contributed by atoms with E-state index in [0.29, 0.717) is 5.57 Å². The maximum atomic E-state index is 6.31. The Bertz CT molecular complexity index is 477. The van der Waals surface area contributed by atoms with Crippen LogP contribution in [0.1, 0.15) is 12.0 Å². The molecule has 0 bridgehead atoms. The van der Waals surface area contributed by atoms with Gasteiger partial charge in [0.05, 0.1) is 0 Å². The first-order valence-electron chi connectivity index (χ1n) is 5.11. The molecule has 0 fully saturated rings. The van der Waals surface area contributed by atoms with Gasteiger partial charge in [0.1, 0.15) is 14.0 Å². The molecule has 0 saturated carbocycles.